The number of rotatable bonds is 7. The van der Waals surface area contributed by atoms with Gasteiger partial charge in [0.15, 0.2) is 0 Å². The van der Waals surface area contributed by atoms with Gasteiger partial charge in [-0.05, 0) is 24.8 Å². The Hall–Kier alpha value is -0.860. The second-order valence-corrected chi connectivity index (χ2v) is 4.69. The molecule has 1 unspecified atom stereocenters. The molecule has 0 fully saturated rings. The van der Waals surface area contributed by atoms with Gasteiger partial charge in [-0.1, -0.05) is 45.3 Å². The number of nitrogens with zero attached hydrogens (tertiary/aromatic N) is 3. The molecule has 1 aliphatic heterocycles. The third-order valence-corrected chi connectivity index (χ3v) is 3.27. The molecule has 0 aliphatic carbocycles. The van der Waals surface area contributed by atoms with Gasteiger partial charge in [0.05, 0.1) is 12.6 Å². The van der Waals surface area contributed by atoms with E-state index in [4.69, 9.17) is 0 Å². The molecule has 0 N–H and O–H groups in total. The molecule has 0 radical (unpaired) electrons. The van der Waals surface area contributed by atoms with Crippen LogP contribution in [0.3, 0.4) is 0 Å². The Morgan fingerprint density at radius 1 is 1.25 bits per heavy atom. The van der Waals surface area contributed by atoms with E-state index in [1.165, 1.54) is 32.1 Å². The van der Waals surface area contributed by atoms with Crippen molar-refractivity contribution in [2.24, 2.45) is 16.3 Å². The molecule has 0 saturated heterocycles. The standard InChI is InChI=1S/C13H25N3/c1-4-6-9-12(3)13(8-5-2)16-11-7-10-14-15-16/h7,10,12-13H,4-6,8-9,11H2,1-3H3/t12?,13-/m0/s1. The molecule has 0 spiro atoms. The van der Waals surface area contributed by atoms with Gasteiger partial charge in [-0.25, -0.2) is 0 Å². The molecule has 2 atom stereocenters. The minimum atomic E-state index is 0.560. The minimum absolute atomic E-state index is 0.560. The number of hydrogen-bond acceptors (Lipinski definition) is 3. The molecule has 0 saturated carbocycles. The lowest BCUT2D eigenvalue weighted by Gasteiger charge is -2.32. The summed E-state index contributed by atoms with van der Waals surface area (Å²) >= 11 is 0. The largest absolute Gasteiger partial charge is 0.271 e. The van der Waals surface area contributed by atoms with Gasteiger partial charge in [0.25, 0.3) is 0 Å². The van der Waals surface area contributed by atoms with E-state index in [1.807, 2.05) is 0 Å². The fourth-order valence-electron chi connectivity index (χ4n) is 2.28. The zero-order valence-electron chi connectivity index (χ0n) is 10.9. The fraction of sp³-hybridized carbons (Fsp3) is 0.846. The van der Waals surface area contributed by atoms with E-state index in [-0.39, 0.29) is 0 Å². The first-order valence-electron chi connectivity index (χ1n) is 6.62. The van der Waals surface area contributed by atoms with E-state index >= 15 is 0 Å². The highest BCUT2D eigenvalue weighted by atomic mass is 15.6. The lowest BCUT2D eigenvalue weighted by molar-refractivity contribution is 0.138. The smallest absolute Gasteiger partial charge is 0.0580 e. The first kappa shape index (κ1) is 13.2. The van der Waals surface area contributed by atoms with Crippen LogP contribution in [-0.2, 0) is 0 Å². The Bertz CT molecular complexity index is 235. The van der Waals surface area contributed by atoms with Crippen LogP contribution in [0.25, 0.3) is 0 Å². The van der Waals surface area contributed by atoms with Gasteiger partial charge in [0.2, 0.25) is 0 Å². The Balaban J connectivity index is 2.51. The van der Waals surface area contributed by atoms with Gasteiger partial charge in [-0.2, -0.15) is 0 Å². The van der Waals surface area contributed by atoms with Crippen molar-refractivity contribution in [2.75, 3.05) is 6.54 Å². The van der Waals surface area contributed by atoms with Crippen LogP contribution in [0.1, 0.15) is 52.9 Å². The van der Waals surface area contributed by atoms with Crippen LogP contribution < -0.4 is 0 Å². The molecule has 0 bridgehead atoms. The van der Waals surface area contributed by atoms with Gasteiger partial charge in [-0.3, -0.25) is 5.01 Å². The van der Waals surface area contributed by atoms with Crippen LogP contribution in [0, 0.1) is 5.92 Å². The molecule has 92 valence electrons. The summed E-state index contributed by atoms with van der Waals surface area (Å²) in [6.45, 7) is 7.77. The monoisotopic (exact) mass is 223 g/mol. The first-order chi connectivity index (χ1) is 7.79. The third-order valence-electron chi connectivity index (χ3n) is 3.27. The molecule has 0 aromatic carbocycles. The lowest BCUT2D eigenvalue weighted by atomic mass is 9.92. The Labute approximate surface area is 99.6 Å². The fourth-order valence-corrected chi connectivity index (χ4v) is 2.28. The molecule has 1 aliphatic rings. The maximum absolute atomic E-state index is 4.25. The van der Waals surface area contributed by atoms with E-state index in [1.54, 1.807) is 6.20 Å². The summed E-state index contributed by atoms with van der Waals surface area (Å²) in [5, 5.41) is 10.4. The van der Waals surface area contributed by atoms with Crippen LogP contribution in [-0.4, -0.2) is 17.6 Å². The van der Waals surface area contributed by atoms with Crippen LogP contribution in [0.2, 0.25) is 0 Å². The van der Waals surface area contributed by atoms with Crippen molar-refractivity contribution in [1.29, 1.82) is 0 Å². The van der Waals surface area contributed by atoms with E-state index in [0.29, 0.717) is 12.0 Å². The normalized spacial score (nSPS) is 18.8. The lowest BCUT2D eigenvalue weighted by Crippen LogP contribution is -2.36. The highest BCUT2D eigenvalue weighted by Crippen LogP contribution is 2.23. The zero-order chi connectivity index (χ0) is 11.8. The zero-order valence-corrected chi connectivity index (χ0v) is 10.9. The van der Waals surface area contributed by atoms with E-state index < -0.39 is 0 Å². The van der Waals surface area contributed by atoms with Crippen LogP contribution in [0.15, 0.2) is 22.6 Å². The van der Waals surface area contributed by atoms with Crippen LogP contribution >= 0.6 is 0 Å². The Morgan fingerprint density at radius 3 is 2.62 bits per heavy atom. The molecule has 0 aromatic rings. The predicted octanol–water partition coefficient (Wildman–Crippen LogP) is 4.18. The van der Waals surface area contributed by atoms with Crippen LogP contribution in [0.5, 0.6) is 0 Å². The quantitative estimate of drug-likeness (QED) is 0.636. The van der Waals surface area contributed by atoms with Crippen molar-refractivity contribution in [3.8, 4) is 0 Å². The summed E-state index contributed by atoms with van der Waals surface area (Å²) in [6.07, 6.45) is 10.2. The summed E-state index contributed by atoms with van der Waals surface area (Å²) in [6, 6.07) is 0.560. The van der Waals surface area contributed by atoms with E-state index in [2.05, 4.69) is 42.2 Å². The van der Waals surface area contributed by atoms with Gasteiger partial charge < -0.3 is 0 Å². The van der Waals surface area contributed by atoms with Gasteiger partial charge in [0, 0.05) is 6.20 Å². The Kier molecular flexibility index (Phi) is 6.12. The SMILES string of the molecule is CCCCC(C)[C@H](CCC)N1CC=CN=N1. The number of hydrogen-bond donors (Lipinski definition) is 0. The van der Waals surface area contributed by atoms with Crippen LogP contribution in [0.4, 0.5) is 0 Å². The minimum Gasteiger partial charge on any atom is -0.271 e. The third kappa shape index (κ3) is 3.95. The predicted molar refractivity (Wildman–Crippen MR) is 68.1 cm³/mol. The molecule has 1 heterocycles. The van der Waals surface area contributed by atoms with Crippen molar-refractivity contribution in [3.63, 3.8) is 0 Å². The highest BCUT2D eigenvalue weighted by molar-refractivity contribution is 4.88. The van der Waals surface area contributed by atoms with Crippen molar-refractivity contribution < 1.29 is 0 Å². The molecule has 16 heavy (non-hydrogen) atoms. The molecule has 0 amide bonds. The van der Waals surface area contributed by atoms with Crippen molar-refractivity contribution in [2.45, 2.75) is 58.9 Å². The summed E-state index contributed by atoms with van der Waals surface area (Å²) in [4.78, 5) is 0. The maximum Gasteiger partial charge on any atom is 0.0580 e. The van der Waals surface area contributed by atoms with E-state index in [0.717, 1.165) is 6.54 Å². The summed E-state index contributed by atoms with van der Waals surface area (Å²) in [7, 11) is 0. The van der Waals surface area contributed by atoms with Gasteiger partial charge in [-0.15, -0.1) is 5.11 Å². The topological polar surface area (TPSA) is 28.0 Å². The molecule has 1 rings (SSSR count). The molecule has 3 nitrogen and oxygen atoms in total. The average molecular weight is 223 g/mol. The second-order valence-electron chi connectivity index (χ2n) is 4.69. The molecule has 3 heteroatoms. The van der Waals surface area contributed by atoms with Gasteiger partial charge >= 0.3 is 0 Å². The maximum atomic E-state index is 4.25. The van der Waals surface area contributed by atoms with Crippen molar-refractivity contribution >= 4 is 0 Å². The molecule has 0 aromatic heterocycles. The molecular weight excluding hydrogens is 198 g/mol. The Morgan fingerprint density at radius 2 is 2.06 bits per heavy atom. The summed E-state index contributed by atoms with van der Waals surface area (Å²) in [5.74, 6) is 0.713. The van der Waals surface area contributed by atoms with Gasteiger partial charge in [0.1, 0.15) is 0 Å². The second kappa shape index (κ2) is 7.42. The highest BCUT2D eigenvalue weighted by Gasteiger charge is 2.22. The van der Waals surface area contributed by atoms with E-state index in [9.17, 15) is 0 Å². The average Bonchev–Trinajstić information content (AvgIpc) is 2.34. The molecular formula is C13H25N3. The number of unbranched alkanes of at least 4 members (excludes halogenated alkanes) is 1. The summed E-state index contributed by atoms with van der Waals surface area (Å²) in [5.41, 5.74) is 0. The summed E-state index contributed by atoms with van der Waals surface area (Å²) < 4.78 is 0. The van der Waals surface area contributed by atoms with Crippen molar-refractivity contribution in [3.05, 3.63) is 12.3 Å². The first-order valence-corrected chi connectivity index (χ1v) is 6.62. The van der Waals surface area contributed by atoms with Crippen molar-refractivity contribution in [1.82, 2.24) is 5.01 Å².